The van der Waals surface area contributed by atoms with Crippen LogP contribution in [0.5, 0.6) is 0 Å². The zero-order valence-corrected chi connectivity index (χ0v) is 15.1. The van der Waals surface area contributed by atoms with Gasteiger partial charge in [-0.3, -0.25) is 4.79 Å². The van der Waals surface area contributed by atoms with Crippen LogP contribution in [0.2, 0.25) is 0 Å². The number of piperidine rings is 1. The van der Waals surface area contributed by atoms with Crippen molar-refractivity contribution < 1.29 is 4.79 Å². The number of carbonyl (C=O) groups is 1. The topological polar surface area (TPSA) is 96.5 Å². The number of likely N-dealkylation sites (tertiary alicyclic amines) is 1. The zero-order chi connectivity index (χ0) is 17.6. The summed E-state index contributed by atoms with van der Waals surface area (Å²) in [7, 11) is 0. The molecule has 2 aromatic rings. The predicted molar refractivity (Wildman–Crippen MR) is 99.6 cm³/mol. The van der Waals surface area contributed by atoms with Crippen molar-refractivity contribution in [2.75, 3.05) is 13.1 Å². The van der Waals surface area contributed by atoms with Gasteiger partial charge in [0, 0.05) is 25.4 Å². The van der Waals surface area contributed by atoms with Gasteiger partial charge < -0.3 is 16.0 Å². The van der Waals surface area contributed by atoms with E-state index in [1.807, 2.05) is 23.6 Å². The largest absolute Gasteiger partial charge is 0.369 e. The van der Waals surface area contributed by atoms with E-state index in [0.717, 1.165) is 43.0 Å². The monoisotopic (exact) mass is 358 g/mol. The van der Waals surface area contributed by atoms with Crippen LogP contribution in [-0.4, -0.2) is 39.8 Å². The van der Waals surface area contributed by atoms with E-state index >= 15 is 0 Å². The second-order valence-corrected chi connectivity index (χ2v) is 6.79. The average Bonchev–Trinajstić information content (AvgIpc) is 3.09. The molecule has 0 aromatic carbocycles. The molecule has 0 bridgehead atoms. The van der Waals surface area contributed by atoms with Crippen molar-refractivity contribution in [2.45, 2.75) is 32.7 Å². The second-order valence-electron chi connectivity index (χ2n) is 5.96. The summed E-state index contributed by atoms with van der Waals surface area (Å²) in [5.41, 5.74) is 8.42. The summed E-state index contributed by atoms with van der Waals surface area (Å²) >= 11 is 1.45. The van der Waals surface area contributed by atoms with Crippen molar-refractivity contribution in [3.05, 3.63) is 29.3 Å². The Labute approximate surface area is 151 Å². The summed E-state index contributed by atoms with van der Waals surface area (Å²) in [5, 5.41) is 5.30. The van der Waals surface area contributed by atoms with Crippen molar-refractivity contribution in [3.8, 4) is 11.4 Å². The highest BCUT2D eigenvalue weighted by Gasteiger charge is 2.13. The van der Waals surface area contributed by atoms with Gasteiger partial charge in [-0.25, -0.2) is 9.97 Å². The van der Waals surface area contributed by atoms with Gasteiger partial charge in [0.05, 0.1) is 17.9 Å². The third-order valence-electron chi connectivity index (χ3n) is 3.97. The SMILES string of the molecule is CC(=O)NCc1cccc(-c2csc(/N=C(\N)N3CCCCC3)n2)n1. The fourth-order valence-electron chi connectivity index (χ4n) is 2.66. The van der Waals surface area contributed by atoms with E-state index < -0.39 is 0 Å². The molecule has 0 atom stereocenters. The minimum Gasteiger partial charge on any atom is -0.369 e. The number of rotatable bonds is 4. The molecule has 3 N–H and O–H groups in total. The first kappa shape index (κ1) is 17.3. The minimum atomic E-state index is -0.0781. The Kier molecular flexibility index (Phi) is 5.60. The van der Waals surface area contributed by atoms with Crippen LogP contribution in [-0.2, 0) is 11.3 Å². The second kappa shape index (κ2) is 8.06. The molecule has 1 fully saturated rings. The van der Waals surface area contributed by atoms with Crippen LogP contribution in [0.25, 0.3) is 11.4 Å². The molecule has 1 aliphatic rings. The number of aromatic nitrogens is 2. The Hall–Kier alpha value is -2.48. The summed E-state index contributed by atoms with van der Waals surface area (Å²) in [6.45, 7) is 3.81. The predicted octanol–water partition coefficient (Wildman–Crippen LogP) is 2.27. The molecule has 2 aromatic heterocycles. The Morgan fingerprint density at radius 2 is 2.08 bits per heavy atom. The Morgan fingerprint density at radius 3 is 2.84 bits per heavy atom. The van der Waals surface area contributed by atoms with Crippen LogP contribution in [0.3, 0.4) is 0 Å². The van der Waals surface area contributed by atoms with Crippen LogP contribution in [0, 0.1) is 0 Å². The number of thiazole rings is 1. The summed E-state index contributed by atoms with van der Waals surface area (Å²) < 4.78 is 0. The molecule has 0 spiro atoms. The number of aliphatic imine (C=N–C) groups is 1. The third-order valence-corrected chi connectivity index (χ3v) is 4.70. The maximum absolute atomic E-state index is 11.0. The standard InChI is InChI=1S/C17H22N6OS/c1-12(24)19-10-13-6-5-7-14(20-13)15-11-25-17(21-15)22-16(18)23-8-3-2-4-9-23/h5-7,11H,2-4,8-10H2,1H3,(H,19,24)(H2,18,21,22). The molecule has 0 radical (unpaired) electrons. The van der Waals surface area contributed by atoms with Gasteiger partial charge in [0.2, 0.25) is 11.0 Å². The maximum Gasteiger partial charge on any atom is 0.217 e. The minimum absolute atomic E-state index is 0.0781. The molecule has 132 valence electrons. The van der Waals surface area contributed by atoms with E-state index in [2.05, 4.69) is 25.2 Å². The molecule has 1 amide bonds. The molecule has 3 heterocycles. The molecule has 0 saturated carbocycles. The zero-order valence-electron chi connectivity index (χ0n) is 14.2. The number of guanidine groups is 1. The number of nitrogens with zero attached hydrogens (tertiary/aromatic N) is 4. The molecule has 7 nitrogen and oxygen atoms in total. The first-order valence-electron chi connectivity index (χ1n) is 8.37. The van der Waals surface area contributed by atoms with Crippen LogP contribution >= 0.6 is 11.3 Å². The van der Waals surface area contributed by atoms with Gasteiger partial charge in [-0.2, -0.15) is 4.99 Å². The number of nitrogens with one attached hydrogen (secondary N) is 1. The number of hydrogen-bond donors (Lipinski definition) is 2. The lowest BCUT2D eigenvalue weighted by Gasteiger charge is -2.27. The molecular formula is C17H22N6OS. The van der Waals surface area contributed by atoms with E-state index in [-0.39, 0.29) is 5.91 Å². The van der Waals surface area contributed by atoms with Gasteiger partial charge in [-0.15, -0.1) is 11.3 Å². The van der Waals surface area contributed by atoms with Gasteiger partial charge in [0.1, 0.15) is 5.69 Å². The fourth-order valence-corrected chi connectivity index (χ4v) is 3.35. The number of nitrogens with two attached hydrogens (primary N) is 1. The normalized spacial score (nSPS) is 15.2. The van der Waals surface area contributed by atoms with E-state index in [9.17, 15) is 4.79 Å². The maximum atomic E-state index is 11.0. The highest BCUT2D eigenvalue weighted by molar-refractivity contribution is 7.13. The van der Waals surface area contributed by atoms with Crippen LogP contribution in [0.4, 0.5) is 5.13 Å². The van der Waals surface area contributed by atoms with Gasteiger partial charge in [0.25, 0.3) is 0 Å². The van der Waals surface area contributed by atoms with Gasteiger partial charge in [0.15, 0.2) is 5.96 Å². The molecule has 0 unspecified atom stereocenters. The van der Waals surface area contributed by atoms with Crippen molar-refractivity contribution in [1.29, 1.82) is 0 Å². The molecule has 1 saturated heterocycles. The van der Waals surface area contributed by atoms with Crippen molar-refractivity contribution in [3.63, 3.8) is 0 Å². The van der Waals surface area contributed by atoms with Gasteiger partial charge in [-0.05, 0) is 31.4 Å². The summed E-state index contributed by atoms with van der Waals surface area (Å²) in [6.07, 6.45) is 3.57. The lowest BCUT2D eigenvalue weighted by molar-refractivity contribution is -0.119. The number of pyridine rings is 1. The number of hydrogen-bond acceptors (Lipinski definition) is 5. The smallest absolute Gasteiger partial charge is 0.217 e. The molecule has 8 heteroatoms. The Balaban J connectivity index is 1.72. The number of amides is 1. The number of carbonyl (C=O) groups excluding carboxylic acids is 1. The van der Waals surface area contributed by atoms with Crippen LogP contribution in [0.1, 0.15) is 31.9 Å². The summed E-state index contributed by atoms with van der Waals surface area (Å²) in [5.74, 6) is 0.457. The molecule has 3 rings (SSSR count). The van der Waals surface area contributed by atoms with Crippen molar-refractivity contribution in [2.24, 2.45) is 10.7 Å². The third kappa shape index (κ3) is 4.76. The average molecular weight is 358 g/mol. The highest BCUT2D eigenvalue weighted by atomic mass is 32.1. The quantitative estimate of drug-likeness (QED) is 0.645. The molecule has 0 aliphatic carbocycles. The van der Waals surface area contributed by atoms with Gasteiger partial charge in [-0.1, -0.05) is 6.07 Å². The summed E-state index contributed by atoms with van der Waals surface area (Å²) in [6, 6.07) is 5.68. The first-order valence-corrected chi connectivity index (χ1v) is 9.25. The Bertz CT molecular complexity index is 766. The molecular weight excluding hydrogens is 336 g/mol. The van der Waals surface area contributed by atoms with E-state index in [1.54, 1.807) is 0 Å². The van der Waals surface area contributed by atoms with Crippen LogP contribution in [0.15, 0.2) is 28.6 Å². The fraction of sp³-hybridized carbons (Fsp3) is 0.412. The van der Waals surface area contributed by atoms with Gasteiger partial charge >= 0.3 is 0 Å². The first-order chi connectivity index (χ1) is 12.1. The lowest BCUT2D eigenvalue weighted by atomic mass is 10.1. The lowest BCUT2D eigenvalue weighted by Crippen LogP contribution is -2.40. The van der Waals surface area contributed by atoms with Crippen LogP contribution < -0.4 is 11.1 Å². The molecule has 25 heavy (non-hydrogen) atoms. The highest BCUT2D eigenvalue weighted by Crippen LogP contribution is 2.26. The Morgan fingerprint density at radius 1 is 1.28 bits per heavy atom. The van der Waals surface area contributed by atoms with Crippen molar-refractivity contribution in [1.82, 2.24) is 20.2 Å². The van der Waals surface area contributed by atoms with E-state index in [4.69, 9.17) is 5.73 Å². The summed E-state index contributed by atoms with van der Waals surface area (Å²) in [4.78, 5) is 26.7. The molecule has 1 aliphatic heterocycles. The van der Waals surface area contributed by atoms with E-state index in [0.29, 0.717) is 17.6 Å². The van der Waals surface area contributed by atoms with Crippen molar-refractivity contribution >= 4 is 28.3 Å². The van der Waals surface area contributed by atoms with E-state index in [1.165, 1.54) is 24.7 Å².